The molecule has 20 heavy (non-hydrogen) atoms. The fraction of sp³-hybridized carbons (Fsp3) is 0.933. The summed E-state index contributed by atoms with van der Waals surface area (Å²) in [5.74, 6) is 0. The van der Waals surface area contributed by atoms with Gasteiger partial charge in [0.15, 0.2) is 0 Å². The van der Waals surface area contributed by atoms with E-state index in [-0.39, 0.29) is 12.1 Å². The summed E-state index contributed by atoms with van der Waals surface area (Å²) in [5, 5.41) is 6.06. The van der Waals surface area contributed by atoms with Crippen LogP contribution < -0.4 is 10.6 Å². The maximum Gasteiger partial charge on any atom is 0.315 e. The highest BCUT2D eigenvalue weighted by molar-refractivity contribution is 5.74. The van der Waals surface area contributed by atoms with E-state index < -0.39 is 0 Å². The third kappa shape index (κ3) is 3.64. The molecule has 1 saturated carbocycles. The van der Waals surface area contributed by atoms with Crippen LogP contribution in [0.1, 0.15) is 44.9 Å². The number of nitrogens with one attached hydrogen (secondary N) is 2. The lowest BCUT2D eigenvalue weighted by atomic mass is 9.96. The van der Waals surface area contributed by atoms with Crippen LogP contribution in [0.15, 0.2) is 0 Å². The zero-order valence-electron chi connectivity index (χ0n) is 12.3. The van der Waals surface area contributed by atoms with E-state index in [4.69, 9.17) is 4.74 Å². The zero-order chi connectivity index (χ0) is 13.8. The Balaban J connectivity index is 1.35. The van der Waals surface area contributed by atoms with Gasteiger partial charge in [0.2, 0.25) is 0 Å². The predicted octanol–water partition coefficient (Wildman–Crippen LogP) is 1.48. The number of hydrogen-bond donors (Lipinski definition) is 2. The second-order valence-electron chi connectivity index (χ2n) is 6.44. The molecule has 0 spiro atoms. The largest absolute Gasteiger partial charge is 0.373 e. The highest BCUT2D eigenvalue weighted by Gasteiger charge is 2.32. The van der Waals surface area contributed by atoms with Gasteiger partial charge in [-0.1, -0.05) is 19.3 Å². The van der Waals surface area contributed by atoms with Crippen LogP contribution in [0.3, 0.4) is 0 Å². The molecule has 3 aliphatic rings. The van der Waals surface area contributed by atoms with E-state index >= 15 is 0 Å². The molecule has 0 bridgehead atoms. The monoisotopic (exact) mass is 281 g/mol. The number of fused-ring (bicyclic) bond motifs is 1. The first-order valence-corrected chi connectivity index (χ1v) is 8.21. The van der Waals surface area contributed by atoms with Crippen molar-refractivity contribution in [2.24, 2.45) is 0 Å². The third-order valence-corrected chi connectivity index (χ3v) is 4.89. The van der Waals surface area contributed by atoms with Gasteiger partial charge in [-0.05, 0) is 32.2 Å². The van der Waals surface area contributed by atoms with Gasteiger partial charge in [0.25, 0.3) is 0 Å². The molecule has 0 aromatic heterocycles. The molecule has 3 rings (SSSR count). The molecule has 5 heteroatoms. The molecule has 0 aromatic rings. The average molecular weight is 281 g/mol. The highest BCUT2D eigenvalue weighted by atomic mass is 16.5. The first-order chi connectivity index (χ1) is 9.81. The summed E-state index contributed by atoms with van der Waals surface area (Å²) in [4.78, 5) is 14.4. The molecule has 114 valence electrons. The lowest BCUT2D eigenvalue weighted by Gasteiger charge is -2.35. The molecular formula is C15H27N3O2. The van der Waals surface area contributed by atoms with E-state index in [2.05, 4.69) is 15.5 Å². The fourth-order valence-corrected chi connectivity index (χ4v) is 3.70. The second kappa shape index (κ2) is 6.76. The molecule has 2 amide bonds. The minimum Gasteiger partial charge on any atom is -0.373 e. The van der Waals surface area contributed by atoms with Crippen LogP contribution in [0, 0.1) is 0 Å². The van der Waals surface area contributed by atoms with Gasteiger partial charge in [-0.3, -0.25) is 4.90 Å². The molecule has 2 atom stereocenters. The number of urea groups is 1. The summed E-state index contributed by atoms with van der Waals surface area (Å²) in [7, 11) is 0. The van der Waals surface area contributed by atoms with Crippen LogP contribution in [0.2, 0.25) is 0 Å². The lowest BCUT2D eigenvalue weighted by molar-refractivity contribution is -0.0458. The van der Waals surface area contributed by atoms with Gasteiger partial charge in [-0.25, -0.2) is 4.79 Å². The van der Waals surface area contributed by atoms with Crippen LogP contribution >= 0.6 is 0 Å². The summed E-state index contributed by atoms with van der Waals surface area (Å²) in [5.41, 5.74) is 0. The van der Waals surface area contributed by atoms with E-state index in [1.54, 1.807) is 0 Å². The van der Waals surface area contributed by atoms with Crippen LogP contribution in [0.5, 0.6) is 0 Å². The molecular weight excluding hydrogens is 254 g/mol. The van der Waals surface area contributed by atoms with Gasteiger partial charge in [-0.15, -0.1) is 0 Å². The van der Waals surface area contributed by atoms with Gasteiger partial charge < -0.3 is 15.4 Å². The van der Waals surface area contributed by atoms with Gasteiger partial charge in [0.1, 0.15) is 0 Å². The van der Waals surface area contributed by atoms with Gasteiger partial charge in [-0.2, -0.15) is 0 Å². The van der Waals surface area contributed by atoms with Crippen molar-refractivity contribution in [2.45, 2.75) is 63.1 Å². The molecule has 1 aliphatic carbocycles. The van der Waals surface area contributed by atoms with Crippen LogP contribution in [0.4, 0.5) is 4.79 Å². The number of rotatable bonds is 3. The molecule has 0 unspecified atom stereocenters. The van der Waals surface area contributed by atoms with Crippen LogP contribution in [-0.4, -0.2) is 55.4 Å². The van der Waals surface area contributed by atoms with Crippen molar-refractivity contribution in [1.29, 1.82) is 0 Å². The number of ether oxygens (including phenoxy) is 1. The Kier molecular flexibility index (Phi) is 4.78. The number of carbonyl (C=O) groups excluding carboxylic acids is 1. The maximum atomic E-state index is 11.9. The Hall–Kier alpha value is -0.810. The van der Waals surface area contributed by atoms with Crippen molar-refractivity contribution < 1.29 is 9.53 Å². The van der Waals surface area contributed by atoms with Crippen molar-refractivity contribution in [3.05, 3.63) is 0 Å². The first kappa shape index (κ1) is 14.1. The Morgan fingerprint density at radius 1 is 1.15 bits per heavy atom. The quantitative estimate of drug-likeness (QED) is 0.824. The van der Waals surface area contributed by atoms with Gasteiger partial charge in [0, 0.05) is 25.2 Å². The Morgan fingerprint density at radius 3 is 2.85 bits per heavy atom. The van der Waals surface area contributed by atoms with Crippen LogP contribution in [0.25, 0.3) is 0 Å². The minimum absolute atomic E-state index is 0.0240. The fourth-order valence-electron chi connectivity index (χ4n) is 3.70. The van der Waals surface area contributed by atoms with Gasteiger partial charge in [0.05, 0.1) is 12.7 Å². The molecule has 5 nitrogen and oxygen atoms in total. The Morgan fingerprint density at radius 2 is 2.00 bits per heavy atom. The number of amides is 2. The van der Waals surface area contributed by atoms with Crippen molar-refractivity contribution in [2.75, 3.05) is 26.2 Å². The lowest BCUT2D eigenvalue weighted by Crippen LogP contribution is -2.52. The molecule has 0 radical (unpaired) electrons. The second-order valence-corrected chi connectivity index (χ2v) is 6.44. The molecule has 2 aliphatic heterocycles. The van der Waals surface area contributed by atoms with E-state index in [0.29, 0.717) is 18.6 Å². The number of hydrogen-bond acceptors (Lipinski definition) is 3. The van der Waals surface area contributed by atoms with Crippen molar-refractivity contribution >= 4 is 6.03 Å². The first-order valence-electron chi connectivity index (χ1n) is 8.21. The maximum absolute atomic E-state index is 11.9. The summed E-state index contributed by atoms with van der Waals surface area (Å²) in [6.45, 7) is 3.62. The average Bonchev–Trinajstić information content (AvgIpc) is 2.93. The summed E-state index contributed by atoms with van der Waals surface area (Å²) in [6, 6.07) is 0.977. The summed E-state index contributed by atoms with van der Waals surface area (Å²) >= 11 is 0. The van der Waals surface area contributed by atoms with Gasteiger partial charge >= 0.3 is 6.03 Å². The number of nitrogens with zero attached hydrogens (tertiary/aromatic N) is 1. The number of carbonyl (C=O) groups is 1. The molecule has 2 N–H and O–H groups in total. The predicted molar refractivity (Wildman–Crippen MR) is 77.7 cm³/mol. The normalized spacial score (nSPS) is 31.8. The van der Waals surface area contributed by atoms with E-state index in [9.17, 15) is 4.79 Å². The minimum atomic E-state index is -0.0240. The standard InChI is InChI=1S/C15H27N3O2/c19-15(17-12-5-2-1-3-6-12)16-9-14-10-18-8-4-7-13(18)11-20-14/h12-14H,1-11H2,(H2,16,17,19)/t13-,14+/m0/s1. The Bertz CT molecular complexity index is 331. The molecule has 2 heterocycles. The zero-order valence-corrected chi connectivity index (χ0v) is 12.3. The van der Waals surface area contributed by atoms with Crippen molar-refractivity contribution in [1.82, 2.24) is 15.5 Å². The highest BCUT2D eigenvalue weighted by Crippen LogP contribution is 2.22. The molecule has 3 fully saturated rings. The summed E-state index contributed by atoms with van der Waals surface area (Å²) < 4.78 is 5.85. The third-order valence-electron chi connectivity index (χ3n) is 4.89. The van der Waals surface area contributed by atoms with E-state index in [1.165, 1.54) is 38.6 Å². The number of morpholine rings is 1. The Labute approximate surface area is 121 Å². The topological polar surface area (TPSA) is 53.6 Å². The summed E-state index contributed by atoms with van der Waals surface area (Å²) in [6.07, 6.45) is 8.76. The van der Waals surface area contributed by atoms with Crippen LogP contribution in [-0.2, 0) is 4.74 Å². The SMILES string of the molecule is O=C(NC[C@@H]1CN2CCC[C@H]2CO1)NC1CCCCC1. The van der Waals surface area contributed by atoms with Crippen molar-refractivity contribution in [3.63, 3.8) is 0 Å². The van der Waals surface area contributed by atoms with E-state index in [0.717, 1.165) is 26.0 Å². The van der Waals surface area contributed by atoms with Crippen molar-refractivity contribution in [3.8, 4) is 0 Å². The molecule has 0 aromatic carbocycles. The molecule has 2 saturated heterocycles. The smallest absolute Gasteiger partial charge is 0.315 e. The van der Waals surface area contributed by atoms with E-state index in [1.807, 2.05) is 0 Å².